The van der Waals surface area contributed by atoms with E-state index in [4.69, 9.17) is 9.47 Å². The van der Waals surface area contributed by atoms with Crippen LogP contribution in [0.15, 0.2) is 36.4 Å². The second-order valence-electron chi connectivity index (χ2n) is 5.33. The SMILES string of the molecule is COc1ccc(C(C)NC(=O)c2cc(C)ccc2O)cc1OC. The Morgan fingerprint density at radius 2 is 1.78 bits per heavy atom. The molecule has 0 saturated carbocycles. The van der Waals surface area contributed by atoms with Crippen molar-refractivity contribution in [3.05, 3.63) is 53.1 Å². The van der Waals surface area contributed by atoms with Gasteiger partial charge in [0.25, 0.3) is 5.91 Å². The van der Waals surface area contributed by atoms with E-state index in [1.807, 2.05) is 26.0 Å². The van der Waals surface area contributed by atoms with Gasteiger partial charge in [0.15, 0.2) is 11.5 Å². The van der Waals surface area contributed by atoms with Crippen LogP contribution in [0.5, 0.6) is 17.2 Å². The summed E-state index contributed by atoms with van der Waals surface area (Å²) in [5.74, 6) is 0.872. The fourth-order valence-corrected chi connectivity index (χ4v) is 2.31. The number of carbonyl (C=O) groups is 1. The zero-order valence-electron chi connectivity index (χ0n) is 13.7. The van der Waals surface area contributed by atoms with Crippen molar-refractivity contribution in [2.24, 2.45) is 0 Å². The summed E-state index contributed by atoms with van der Waals surface area (Å²) in [5, 5.41) is 12.7. The monoisotopic (exact) mass is 315 g/mol. The topological polar surface area (TPSA) is 67.8 Å². The number of amides is 1. The minimum Gasteiger partial charge on any atom is -0.507 e. The first-order valence-corrected chi connectivity index (χ1v) is 7.28. The van der Waals surface area contributed by atoms with Crippen molar-refractivity contribution in [3.8, 4) is 17.2 Å². The highest BCUT2D eigenvalue weighted by atomic mass is 16.5. The van der Waals surface area contributed by atoms with Crippen molar-refractivity contribution >= 4 is 5.91 Å². The van der Waals surface area contributed by atoms with Crippen LogP contribution in [0.1, 0.15) is 34.5 Å². The minimum atomic E-state index is -0.325. The van der Waals surface area contributed by atoms with Gasteiger partial charge in [-0.3, -0.25) is 4.79 Å². The molecule has 0 aliphatic rings. The molecule has 0 spiro atoms. The van der Waals surface area contributed by atoms with Crippen LogP contribution < -0.4 is 14.8 Å². The average molecular weight is 315 g/mol. The van der Waals surface area contributed by atoms with Gasteiger partial charge >= 0.3 is 0 Å². The number of hydrogen-bond acceptors (Lipinski definition) is 4. The molecular formula is C18H21NO4. The van der Waals surface area contributed by atoms with Gasteiger partial charge in [0, 0.05) is 0 Å². The van der Waals surface area contributed by atoms with E-state index in [0.29, 0.717) is 11.5 Å². The fraction of sp³-hybridized carbons (Fsp3) is 0.278. The molecule has 2 aromatic rings. The summed E-state index contributed by atoms with van der Waals surface area (Å²) in [6, 6.07) is 10.2. The molecule has 1 unspecified atom stereocenters. The summed E-state index contributed by atoms with van der Waals surface area (Å²) in [6.07, 6.45) is 0. The number of hydrogen-bond donors (Lipinski definition) is 2. The van der Waals surface area contributed by atoms with Crippen LogP contribution in [-0.2, 0) is 0 Å². The Balaban J connectivity index is 2.19. The lowest BCUT2D eigenvalue weighted by Gasteiger charge is -2.17. The molecule has 0 aliphatic heterocycles. The van der Waals surface area contributed by atoms with Gasteiger partial charge in [-0.1, -0.05) is 17.7 Å². The Bertz CT molecular complexity index is 712. The standard InChI is InChI=1S/C18H21NO4/c1-11-5-7-15(20)14(9-11)18(21)19-12(2)13-6-8-16(22-3)17(10-13)23-4/h5-10,12,20H,1-4H3,(H,19,21). The first-order valence-electron chi connectivity index (χ1n) is 7.28. The van der Waals surface area contributed by atoms with Gasteiger partial charge in [-0.15, -0.1) is 0 Å². The molecule has 1 amide bonds. The second-order valence-corrected chi connectivity index (χ2v) is 5.33. The van der Waals surface area contributed by atoms with E-state index in [2.05, 4.69) is 5.32 Å². The fourth-order valence-electron chi connectivity index (χ4n) is 2.31. The van der Waals surface area contributed by atoms with Gasteiger partial charge in [0.2, 0.25) is 0 Å². The molecule has 23 heavy (non-hydrogen) atoms. The lowest BCUT2D eigenvalue weighted by Crippen LogP contribution is -2.26. The largest absolute Gasteiger partial charge is 0.507 e. The predicted octanol–water partition coefficient (Wildman–Crippen LogP) is 3.21. The van der Waals surface area contributed by atoms with Crippen LogP contribution in [0.4, 0.5) is 0 Å². The van der Waals surface area contributed by atoms with Gasteiger partial charge in [0.1, 0.15) is 5.75 Å². The Labute approximate surface area is 135 Å². The summed E-state index contributed by atoms with van der Waals surface area (Å²) >= 11 is 0. The molecule has 0 radical (unpaired) electrons. The maximum Gasteiger partial charge on any atom is 0.255 e. The zero-order valence-corrected chi connectivity index (χ0v) is 13.7. The maximum absolute atomic E-state index is 12.4. The Kier molecular flexibility index (Phi) is 5.11. The van der Waals surface area contributed by atoms with E-state index in [1.54, 1.807) is 32.4 Å². The van der Waals surface area contributed by atoms with Gasteiger partial charge in [-0.2, -0.15) is 0 Å². The van der Waals surface area contributed by atoms with Gasteiger partial charge in [-0.25, -0.2) is 0 Å². The lowest BCUT2D eigenvalue weighted by atomic mass is 10.1. The van der Waals surface area contributed by atoms with E-state index in [0.717, 1.165) is 11.1 Å². The quantitative estimate of drug-likeness (QED) is 0.889. The Morgan fingerprint density at radius 1 is 1.09 bits per heavy atom. The van der Waals surface area contributed by atoms with Crippen LogP contribution in [0, 0.1) is 6.92 Å². The molecule has 0 heterocycles. The molecule has 0 saturated heterocycles. The first-order chi connectivity index (χ1) is 11.0. The summed E-state index contributed by atoms with van der Waals surface area (Å²) < 4.78 is 10.5. The van der Waals surface area contributed by atoms with Crippen LogP contribution >= 0.6 is 0 Å². The summed E-state index contributed by atoms with van der Waals surface area (Å²) in [4.78, 5) is 12.4. The van der Waals surface area contributed by atoms with E-state index < -0.39 is 0 Å². The molecule has 0 fully saturated rings. The van der Waals surface area contributed by atoms with Gasteiger partial charge in [0.05, 0.1) is 25.8 Å². The summed E-state index contributed by atoms with van der Waals surface area (Å²) in [7, 11) is 3.14. The highest BCUT2D eigenvalue weighted by molar-refractivity contribution is 5.97. The molecule has 5 nitrogen and oxygen atoms in total. The van der Waals surface area contributed by atoms with Crippen molar-refractivity contribution in [1.29, 1.82) is 0 Å². The number of methoxy groups -OCH3 is 2. The predicted molar refractivity (Wildman–Crippen MR) is 88.3 cm³/mol. The molecule has 0 aromatic heterocycles. The number of phenols is 1. The third-order valence-corrected chi connectivity index (χ3v) is 3.65. The molecule has 1 atom stereocenters. The van der Waals surface area contributed by atoms with E-state index in [9.17, 15) is 9.90 Å². The van der Waals surface area contributed by atoms with Gasteiger partial charge in [-0.05, 0) is 43.7 Å². The number of carbonyl (C=O) groups excluding carboxylic acids is 1. The molecular weight excluding hydrogens is 294 g/mol. The summed E-state index contributed by atoms with van der Waals surface area (Å²) in [5.41, 5.74) is 2.05. The van der Waals surface area contributed by atoms with Crippen LogP contribution in [0.25, 0.3) is 0 Å². The minimum absolute atomic E-state index is 0.0346. The van der Waals surface area contributed by atoms with E-state index in [-0.39, 0.29) is 23.3 Å². The van der Waals surface area contributed by atoms with Crippen molar-refractivity contribution in [2.45, 2.75) is 19.9 Å². The third-order valence-electron chi connectivity index (χ3n) is 3.65. The van der Waals surface area contributed by atoms with Crippen LogP contribution in [0.2, 0.25) is 0 Å². The van der Waals surface area contributed by atoms with E-state index in [1.165, 1.54) is 6.07 Å². The van der Waals surface area contributed by atoms with Crippen LogP contribution in [0.3, 0.4) is 0 Å². The Morgan fingerprint density at radius 3 is 2.43 bits per heavy atom. The highest BCUT2D eigenvalue weighted by Gasteiger charge is 2.16. The van der Waals surface area contributed by atoms with Gasteiger partial charge < -0.3 is 19.9 Å². The first kappa shape index (κ1) is 16.7. The highest BCUT2D eigenvalue weighted by Crippen LogP contribution is 2.30. The Hall–Kier alpha value is -2.69. The maximum atomic E-state index is 12.4. The smallest absolute Gasteiger partial charge is 0.255 e. The van der Waals surface area contributed by atoms with Crippen molar-refractivity contribution in [2.75, 3.05) is 14.2 Å². The lowest BCUT2D eigenvalue weighted by molar-refractivity contribution is 0.0937. The second kappa shape index (κ2) is 7.05. The van der Waals surface area contributed by atoms with Crippen LogP contribution in [-0.4, -0.2) is 25.2 Å². The zero-order chi connectivity index (χ0) is 17.0. The number of phenolic OH excluding ortho intramolecular Hbond substituents is 1. The normalized spacial score (nSPS) is 11.7. The number of aromatic hydroxyl groups is 1. The number of rotatable bonds is 5. The molecule has 0 bridgehead atoms. The molecule has 0 aliphatic carbocycles. The molecule has 2 rings (SSSR count). The van der Waals surface area contributed by atoms with Crippen molar-refractivity contribution in [1.82, 2.24) is 5.32 Å². The average Bonchev–Trinajstić information content (AvgIpc) is 2.56. The van der Waals surface area contributed by atoms with Crippen molar-refractivity contribution in [3.63, 3.8) is 0 Å². The molecule has 2 aromatic carbocycles. The third kappa shape index (κ3) is 3.74. The molecule has 122 valence electrons. The summed E-state index contributed by atoms with van der Waals surface area (Å²) in [6.45, 7) is 3.74. The van der Waals surface area contributed by atoms with Crippen molar-refractivity contribution < 1.29 is 19.4 Å². The molecule has 5 heteroatoms. The number of aryl methyl sites for hydroxylation is 1. The number of benzene rings is 2. The van der Waals surface area contributed by atoms with E-state index >= 15 is 0 Å². The number of ether oxygens (including phenoxy) is 2. The number of nitrogens with one attached hydrogen (secondary N) is 1. The molecule has 2 N–H and O–H groups in total.